The van der Waals surface area contributed by atoms with E-state index < -0.39 is 0 Å². The first kappa shape index (κ1) is 15.1. The summed E-state index contributed by atoms with van der Waals surface area (Å²) in [5, 5.41) is 5.53. The molecule has 0 unspecified atom stereocenters. The quantitative estimate of drug-likeness (QED) is 0.505. The molecule has 0 saturated heterocycles. The number of hydrogen-bond acceptors (Lipinski definition) is 3. The molecule has 4 aromatic rings. The lowest BCUT2D eigenvalue weighted by Crippen LogP contribution is -2.09. The van der Waals surface area contributed by atoms with Crippen molar-refractivity contribution in [1.29, 1.82) is 0 Å². The van der Waals surface area contributed by atoms with Crippen LogP contribution in [0.15, 0.2) is 54.6 Å². The molecule has 4 rings (SSSR count). The number of hydrogen-bond donors (Lipinski definition) is 1. The molecule has 0 bridgehead atoms. The fraction of sp³-hybridized carbons (Fsp3) is 0.0526. The summed E-state index contributed by atoms with van der Waals surface area (Å²) in [6.07, 6.45) is 0. The zero-order valence-electron chi connectivity index (χ0n) is 12.8. The number of anilines is 1. The van der Waals surface area contributed by atoms with E-state index in [-0.39, 0.29) is 5.91 Å². The van der Waals surface area contributed by atoms with Gasteiger partial charge in [0.1, 0.15) is 4.83 Å². The molecule has 5 heteroatoms. The minimum atomic E-state index is -0.152. The van der Waals surface area contributed by atoms with Crippen LogP contribution >= 0.6 is 22.9 Å². The Morgan fingerprint density at radius 1 is 1.08 bits per heavy atom. The molecule has 0 fully saturated rings. The number of benzene rings is 2. The normalized spacial score (nSPS) is 11.1. The van der Waals surface area contributed by atoms with Gasteiger partial charge < -0.3 is 5.32 Å². The van der Waals surface area contributed by atoms with E-state index >= 15 is 0 Å². The zero-order valence-corrected chi connectivity index (χ0v) is 14.4. The summed E-state index contributed by atoms with van der Waals surface area (Å²) >= 11 is 7.34. The van der Waals surface area contributed by atoms with Crippen molar-refractivity contribution >= 4 is 55.7 Å². The van der Waals surface area contributed by atoms with E-state index in [4.69, 9.17) is 11.6 Å². The largest absolute Gasteiger partial charge is 0.321 e. The number of nitrogens with one attached hydrogen (secondary N) is 1. The van der Waals surface area contributed by atoms with Gasteiger partial charge in [0, 0.05) is 21.5 Å². The Labute approximate surface area is 147 Å². The highest BCUT2D eigenvalue weighted by Gasteiger charge is 2.12. The second-order valence-electron chi connectivity index (χ2n) is 5.65. The first-order valence-electron chi connectivity index (χ1n) is 7.46. The van der Waals surface area contributed by atoms with Gasteiger partial charge in [0.2, 0.25) is 0 Å². The van der Waals surface area contributed by atoms with Gasteiger partial charge in [-0.3, -0.25) is 4.79 Å². The Kier molecular flexibility index (Phi) is 3.71. The number of amides is 1. The number of aromatic nitrogens is 1. The topological polar surface area (TPSA) is 42.0 Å². The zero-order chi connectivity index (χ0) is 16.7. The summed E-state index contributed by atoms with van der Waals surface area (Å²) in [6, 6.07) is 17.2. The van der Waals surface area contributed by atoms with Crippen molar-refractivity contribution in [3.63, 3.8) is 0 Å². The van der Waals surface area contributed by atoms with Gasteiger partial charge in [-0.2, -0.15) is 0 Å². The molecule has 0 saturated carbocycles. The molecule has 1 amide bonds. The first-order valence-corrected chi connectivity index (χ1v) is 8.66. The fourth-order valence-electron chi connectivity index (χ4n) is 2.63. The van der Waals surface area contributed by atoms with Gasteiger partial charge in [-0.05, 0) is 49.4 Å². The molecular formula is C19H13ClN2OS. The van der Waals surface area contributed by atoms with Crippen molar-refractivity contribution in [2.45, 2.75) is 6.92 Å². The number of aryl methyl sites for hydroxylation is 1. The van der Waals surface area contributed by atoms with Gasteiger partial charge in [-0.25, -0.2) is 4.98 Å². The minimum Gasteiger partial charge on any atom is -0.321 e. The van der Waals surface area contributed by atoms with E-state index in [1.54, 1.807) is 18.2 Å². The molecule has 0 radical (unpaired) electrons. The molecular weight excluding hydrogens is 340 g/mol. The third kappa shape index (κ3) is 2.86. The van der Waals surface area contributed by atoms with Crippen LogP contribution in [-0.4, -0.2) is 10.9 Å². The predicted molar refractivity (Wildman–Crippen MR) is 101 cm³/mol. The van der Waals surface area contributed by atoms with Crippen molar-refractivity contribution in [1.82, 2.24) is 4.98 Å². The second-order valence-corrected chi connectivity index (χ2v) is 7.12. The van der Waals surface area contributed by atoms with Crippen LogP contribution in [0.5, 0.6) is 0 Å². The average molecular weight is 353 g/mol. The summed E-state index contributed by atoms with van der Waals surface area (Å²) < 4.78 is 0. The lowest BCUT2D eigenvalue weighted by Gasteiger charge is -2.03. The van der Waals surface area contributed by atoms with Crippen LogP contribution in [0.4, 0.5) is 5.69 Å². The van der Waals surface area contributed by atoms with Gasteiger partial charge in [-0.1, -0.05) is 29.3 Å². The Bertz CT molecular complexity index is 1090. The van der Waals surface area contributed by atoms with E-state index in [1.165, 1.54) is 16.9 Å². The second kappa shape index (κ2) is 5.89. The maximum absolute atomic E-state index is 12.5. The number of nitrogens with zero attached hydrogens (tertiary/aromatic N) is 1. The van der Waals surface area contributed by atoms with Gasteiger partial charge >= 0.3 is 0 Å². The number of thiophene rings is 1. The van der Waals surface area contributed by atoms with Crippen molar-refractivity contribution in [2.24, 2.45) is 0 Å². The molecule has 0 aliphatic rings. The third-order valence-corrected chi connectivity index (χ3v) is 5.04. The average Bonchev–Trinajstić information content (AvgIpc) is 2.95. The van der Waals surface area contributed by atoms with Crippen LogP contribution < -0.4 is 5.32 Å². The van der Waals surface area contributed by atoms with Gasteiger partial charge in [-0.15, -0.1) is 11.3 Å². The number of halogens is 1. The first-order chi connectivity index (χ1) is 11.6. The van der Waals surface area contributed by atoms with Crippen LogP contribution in [0.2, 0.25) is 5.02 Å². The molecule has 2 aromatic carbocycles. The number of fused-ring (bicyclic) bond motifs is 2. The van der Waals surface area contributed by atoms with Crippen LogP contribution in [-0.2, 0) is 0 Å². The Hall–Kier alpha value is -2.43. The Morgan fingerprint density at radius 3 is 2.79 bits per heavy atom. The van der Waals surface area contributed by atoms with Crippen LogP contribution in [0.1, 0.15) is 15.2 Å². The van der Waals surface area contributed by atoms with Crippen LogP contribution in [0.25, 0.3) is 21.1 Å². The van der Waals surface area contributed by atoms with E-state index in [9.17, 15) is 4.79 Å². The Balaban J connectivity index is 1.71. The van der Waals surface area contributed by atoms with Gasteiger partial charge in [0.15, 0.2) is 0 Å². The standard InChI is InChI=1S/C19H13ClN2OS/c1-11-5-6-16-12(7-11)8-13-9-17(24-19(13)22-16)18(23)21-15-4-2-3-14(20)10-15/h2-10H,1H3,(H,21,23). The number of rotatable bonds is 2. The van der Waals surface area contributed by atoms with Gasteiger partial charge in [0.05, 0.1) is 10.4 Å². The minimum absolute atomic E-state index is 0.152. The van der Waals surface area contributed by atoms with E-state index in [0.29, 0.717) is 15.6 Å². The summed E-state index contributed by atoms with van der Waals surface area (Å²) in [5.41, 5.74) is 2.81. The SMILES string of the molecule is Cc1ccc2nc3sc(C(=O)Nc4cccc(Cl)c4)cc3cc2c1. The molecule has 0 spiro atoms. The Morgan fingerprint density at radius 2 is 1.96 bits per heavy atom. The van der Waals surface area contributed by atoms with Crippen molar-refractivity contribution in [3.05, 3.63) is 70.1 Å². The molecule has 0 atom stereocenters. The lowest BCUT2D eigenvalue weighted by atomic mass is 10.1. The van der Waals surface area contributed by atoms with Crippen molar-refractivity contribution in [3.8, 4) is 0 Å². The maximum Gasteiger partial charge on any atom is 0.265 e. The number of carbonyl (C=O) groups excluding carboxylic acids is 1. The van der Waals surface area contributed by atoms with Crippen molar-refractivity contribution in [2.75, 3.05) is 5.32 Å². The van der Waals surface area contributed by atoms with Crippen molar-refractivity contribution < 1.29 is 4.79 Å². The van der Waals surface area contributed by atoms with Crippen LogP contribution in [0.3, 0.4) is 0 Å². The number of pyridine rings is 1. The molecule has 118 valence electrons. The highest BCUT2D eigenvalue weighted by atomic mass is 35.5. The van der Waals surface area contributed by atoms with Gasteiger partial charge in [0.25, 0.3) is 5.91 Å². The summed E-state index contributed by atoms with van der Waals surface area (Å²) in [7, 11) is 0. The monoisotopic (exact) mass is 352 g/mol. The summed E-state index contributed by atoms with van der Waals surface area (Å²) in [5.74, 6) is -0.152. The molecule has 3 nitrogen and oxygen atoms in total. The smallest absolute Gasteiger partial charge is 0.265 e. The highest BCUT2D eigenvalue weighted by Crippen LogP contribution is 2.28. The predicted octanol–water partition coefficient (Wildman–Crippen LogP) is 5.66. The van der Waals surface area contributed by atoms with E-state index in [2.05, 4.69) is 29.4 Å². The summed E-state index contributed by atoms with van der Waals surface area (Å²) in [4.78, 5) is 18.6. The summed E-state index contributed by atoms with van der Waals surface area (Å²) in [6.45, 7) is 2.06. The lowest BCUT2D eigenvalue weighted by molar-refractivity contribution is 0.103. The maximum atomic E-state index is 12.5. The van der Waals surface area contributed by atoms with E-state index in [0.717, 1.165) is 21.1 Å². The molecule has 24 heavy (non-hydrogen) atoms. The molecule has 0 aliphatic heterocycles. The number of carbonyl (C=O) groups is 1. The molecule has 0 aliphatic carbocycles. The van der Waals surface area contributed by atoms with E-state index in [1.807, 2.05) is 24.3 Å². The highest BCUT2D eigenvalue weighted by molar-refractivity contribution is 7.20. The molecule has 1 N–H and O–H groups in total. The third-order valence-electron chi connectivity index (χ3n) is 3.76. The molecule has 2 aromatic heterocycles. The molecule has 2 heterocycles. The fourth-order valence-corrected chi connectivity index (χ4v) is 3.73. The van der Waals surface area contributed by atoms with Crippen LogP contribution in [0, 0.1) is 6.92 Å².